The van der Waals surface area contributed by atoms with Gasteiger partial charge in [0.2, 0.25) is 9.84 Å². The quantitative estimate of drug-likeness (QED) is 0.462. The minimum absolute atomic E-state index is 0.00763. The standard InChI is InChI=1S/C12H7Cl2N3O2S/c13-8-4-3-5-9(14)12(8)20(18,19)11-7-2-1-6-10(11)16-17-15/h1-7H. The van der Waals surface area contributed by atoms with Crippen LogP contribution in [0.25, 0.3) is 10.4 Å². The average Bonchev–Trinajstić information content (AvgIpc) is 2.39. The van der Waals surface area contributed by atoms with Crippen molar-refractivity contribution in [3.8, 4) is 0 Å². The third kappa shape index (κ3) is 2.59. The molecule has 0 radical (unpaired) electrons. The fourth-order valence-electron chi connectivity index (χ4n) is 1.66. The van der Waals surface area contributed by atoms with Gasteiger partial charge in [-0.25, -0.2) is 8.42 Å². The first-order valence-electron chi connectivity index (χ1n) is 5.31. The summed E-state index contributed by atoms with van der Waals surface area (Å²) in [4.78, 5) is 2.26. The van der Waals surface area contributed by atoms with Gasteiger partial charge in [0, 0.05) is 4.91 Å². The zero-order valence-corrected chi connectivity index (χ0v) is 12.2. The highest BCUT2D eigenvalue weighted by Gasteiger charge is 2.25. The summed E-state index contributed by atoms with van der Waals surface area (Å²) >= 11 is 11.9. The van der Waals surface area contributed by atoms with Crippen LogP contribution in [0.3, 0.4) is 0 Å². The minimum Gasteiger partial charge on any atom is -0.218 e. The Kier molecular flexibility index (Phi) is 4.20. The normalized spacial score (nSPS) is 10.9. The van der Waals surface area contributed by atoms with Gasteiger partial charge >= 0.3 is 0 Å². The molecule has 102 valence electrons. The second kappa shape index (κ2) is 5.73. The van der Waals surface area contributed by atoms with Crippen LogP contribution in [0, 0.1) is 0 Å². The molecule has 8 heteroatoms. The van der Waals surface area contributed by atoms with Crippen molar-refractivity contribution in [1.29, 1.82) is 0 Å². The van der Waals surface area contributed by atoms with Crippen LogP contribution in [0.15, 0.2) is 57.4 Å². The van der Waals surface area contributed by atoms with Crippen LogP contribution in [0.1, 0.15) is 0 Å². The van der Waals surface area contributed by atoms with Gasteiger partial charge in [-0.3, -0.25) is 0 Å². The Morgan fingerprint density at radius 3 is 2.20 bits per heavy atom. The number of rotatable bonds is 3. The zero-order chi connectivity index (χ0) is 14.8. The van der Waals surface area contributed by atoms with Crippen molar-refractivity contribution in [2.45, 2.75) is 9.79 Å². The summed E-state index contributed by atoms with van der Waals surface area (Å²) in [5, 5.41) is 3.39. The van der Waals surface area contributed by atoms with E-state index in [-0.39, 0.29) is 25.5 Å². The van der Waals surface area contributed by atoms with Crippen molar-refractivity contribution < 1.29 is 8.42 Å². The van der Waals surface area contributed by atoms with E-state index in [0.717, 1.165) is 0 Å². The summed E-state index contributed by atoms with van der Waals surface area (Å²) in [6, 6.07) is 10.2. The molecule has 0 amide bonds. The molecule has 0 unspecified atom stereocenters. The SMILES string of the molecule is [N-]=[N+]=Nc1ccccc1S(=O)(=O)c1c(Cl)cccc1Cl. The van der Waals surface area contributed by atoms with Gasteiger partial charge in [-0.2, -0.15) is 0 Å². The molecule has 0 aliphatic carbocycles. The molecule has 0 heterocycles. The maximum Gasteiger partial charge on any atom is 0.210 e. The maximum absolute atomic E-state index is 12.6. The van der Waals surface area contributed by atoms with Crippen LogP contribution in [-0.4, -0.2) is 8.42 Å². The summed E-state index contributed by atoms with van der Waals surface area (Å²) < 4.78 is 25.2. The number of hydrogen-bond acceptors (Lipinski definition) is 3. The summed E-state index contributed by atoms with van der Waals surface area (Å²) in [5.41, 5.74) is 8.49. The largest absolute Gasteiger partial charge is 0.218 e. The van der Waals surface area contributed by atoms with E-state index in [0.29, 0.717) is 0 Å². The maximum atomic E-state index is 12.6. The van der Waals surface area contributed by atoms with Crippen molar-refractivity contribution in [3.63, 3.8) is 0 Å². The van der Waals surface area contributed by atoms with Crippen molar-refractivity contribution in [2.24, 2.45) is 5.11 Å². The Hall–Kier alpha value is -1.72. The van der Waals surface area contributed by atoms with Gasteiger partial charge in [-0.1, -0.05) is 52.6 Å². The Labute approximate surface area is 125 Å². The lowest BCUT2D eigenvalue weighted by molar-refractivity contribution is 0.596. The number of benzene rings is 2. The monoisotopic (exact) mass is 327 g/mol. The molecule has 20 heavy (non-hydrogen) atoms. The Morgan fingerprint density at radius 2 is 1.60 bits per heavy atom. The summed E-state index contributed by atoms with van der Waals surface area (Å²) in [6.45, 7) is 0. The van der Waals surface area contributed by atoms with Gasteiger partial charge in [-0.15, -0.1) is 0 Å². The number of azide groups is 1. The molecule has 5 nitrogen and oxygen atoms in total. The van der Waals surface area contributed by atoms with Crippen molar-refractivity contribution in [3.05, 3.63) is 63.0 Å². The van der Waals surface area contributed by atoms with Gasteiger partial charge in [0.05, 0.1) is 20.6 Å². The summed E-state index contributed by atoms with van der Waals surface area (Å²) in [6.07, 6.45) is 0. The molecule has 0 N–H and O–H groups in total. The number of hydrogen-bond donors (Lipinski definition) is 0. The lowest BCUT2D eigenvalue weighted by Gasteiger charge is -2.10. The highest BCUT2D eigenvalue weighted by Crippen LogP contribution is 2.36. The summed E-state index contributed by atoms with van der Waals surface area (Å²) in [7, 11) is -3.98. The second-order valence-corrected chi connectivity index (χ2v) is 6.38. The molecule has 2 rings (SSSR count). The Morgan fingerprint density at radius 1 is 1.00 bits per heavy atom. The van der Waals surface area contributed by atoms with Crippen LogP contribution in [0.5, 0.6) is 0 Å². The van der Waals surface area contributed by atoms with Gasteiger partial charge in [0.15, 0.2) is 0 Å². The van der Waals surface area contributed by atoms with E-state index >= 15 is 0 Å². The van der Waals surface area contributed by atoms with Crippen molar-refractivity contribution in [1.82, 2.24) is 0 Å². The van der Waals surface area contributed by atoms with E-state index in [1.807, 2.05) is 0 Å². The third-order valence-corrected chi connectivity index (χ3v) is 5.25. The van der Waals surface area contributed by atoms with Gasteiger partial charge in [0.1, 0.15) is 4.90 Å². The lowest BCUT2D eigenvalue weighted by Crippen LogP contribution is -2.04. The van der Waals surface area contributed by atoms with Gasteiger partial charge < -0.3 is 0 Å². The van der Waals surface area contributed by atoms with E-state index in [2.05, 4.69) is 10.0 Å². The van der Waals surface area contributed by atoms with Crippen LogP contribution in [-0.2, 0) is 9.84 Å². The van der Waals surface area contributed by atoms with E-state index < -0.39 is 9.84 Å². The van der Waals surface area contributed by atoms with Crippen LogP contribution in [0.4, 0.5) is 5.69 Å². The fraction of sp³-hybridized carbons (Fsp3) is 0. The Balaban J connectivity index is 2.78. The topological polar surface area (TPSA) is 82.9 Å². The average molecular weight is 328 g/mol. The number of nitrogens with zero attached hydrogens (tertiary/aromatic N) is 3. The van der Waals surface area contributed by atoms with Crippen LogP contribution >= 0.6 is 23.2 Å². The van der Waals surface area contributed by atoms with Crippen LogP contribution in [0.2, 0.25) is 10.0 Å². The van der Waals surface area contributed by atoms with Crippen LogP contribution < -0.4 is 0 Å². The molecule has 0 saturated carbocycles. The zero-order valence-electron chi connectivity index (χ0n) is 9.86. The molecular weight excluding hydrogens is 321 g/mol. The molecule has 0 aliphatic heterocycles. The molecule has 0 atom stereocenters. The molecule has 0 aliphatic rings. The highest BCUT2D eigenvalue weighted by molar-refractivity contribution is 7.92. The molecule has 2 aromatic carbocycles. The van der Waals surface area contributed by atoms with Crippen molar-refractivity contribution in [2.75, 3.05) is 0 Å². The van der Waals surface area contributed by atoms with Gasteiger partial charge in [-0.05, 0) is 23.7 Å². The molecular formula is C12H7Cl2N3O2S. The first-order valence-corrected chi connectivity index (χ1v) is 7.55. The van der Waals surface area contributed by atoms with Crippen molar-refractivity contribution >= 4 is 38.7 Å². The first-order chi connectivity index (χ1) is 9.48. The predicted molar refractivity (Wildman–Crippen MR) is 77.2 cm³/mol. The van der Waals surface area contributed by atoms with E-state index in [4.69, 9.17) is 28.7 Å². The number of halogens is 2. The van der Waals surface area contributed by atoms with E-state index in [1.165, 1.54) is 30.3 Å². The molecule has 0 spiro atoms. The fourth-order valence-corrected chi connectivity index (χ4v) is 4.18. The first kappa shape index (κ1) is 14.7. The molecule has 0 fully saturated rings. The van der Waals surface area contributed by atoms with E-state index in [9.17, 15) is 8.42 Å². The highest BCUT2D eigenvalue weighted by atomic mass is 35.5. The van der Waals surface area contributed by atoms with Gasteiger partial charge in [0.25, 0.3) is 0 Å². The predicted octanol–water partition coefficient (Wildman–Crippen LogP) is 4.77. The third-order valence-electron chi connectivity index (χ3n) is 2.49. The number of sulfone groups is 1. The summed E-state index contributed by atoms with van der Waals surface area (Å²) in [5.74, 6) is 0. The minimum atomic E-state index is -3.98. The second-order valence-electron chi connectivity index (χ2n) is 3.71. The molecule has 0 saturated heterocycles. The smallest absolute Gasteiger partial charge is 0.210 e. The van der Waals surface area contributed by atoms with E-state index in [1.54, 1.807) is 12.1 Å². The molecule has 0 aromatic heterocycles. The lowest BCUT2D eigenvalue weighted by atomic mass is 10.3. The Bertz CT molecular complexity index is 795. The molecule has 2 aromatic rings. The molecule has 0 bridgehead atoms.